The van der Waals surface area contributed by atoms with Crippen molar-refractivity contribution in [3.63, 3.8) is 0 Å². The number of rotatable bonds is 8. The molecular formula is C29H34BrNO4S2. The third kappa shape index (κ3) is 4.80. The minimum Gasteiger partial charge on any atom is -1.00 e. The van der Waals surface area contributed by atoms with Crippen LogP contribution in [0.2, 0.25) is 0 Å². The highest BCUT2D eigenvalue weighted by Crippen LogP contribution is 2.51. The number of nitrogens with zero attached hydrogens (tertiary/aromatic N) is 1. The van der Waals surface area contributed by atoms with E-state index in [1.54, 1.807) is 0 Å². The van der Waals surface area contributed by atoms with Crippen LogP contribution in [0.3, 0.4) is 0 Å². The zero-order valence-corrected chi connectivity index (χ0v) is 24.5. The monoisotopic (exact) mass is 603 g/mol. The Bertz CT molecular complexity index is 1190. The summed E-state index contributed by atoms with van der Waals surface area (Å²) in [6, 6.07) is 14.5. The minimum absolute atomic E-state index is 0. The smallest absolute Gasteiger partial charge is 0.349 e. The van der Waals surface area contributed by atoms with E-state index in [0.717, 1.165) is 49.1 Å². The van der Waals surface area contributed by atoms with Crippen LogP contribution in [0.5, 0.6) is 5.75 Å². The van der Waals surface area contributed by atoms with Crippen LogP contribution in [0.25, 0.3) is 0 Å². The lowest BCUT2D eigenvalue weighted by Gasteiger charge is -2.39. The molecule has 1 aliphatic heterocycles. The van der Waals surface area contributed by atoms with Gasteiger partial charge in [-0.25, -0.2) is 4.79 Å². The molecule has 2 aliphatic carbocycles. The highest BCUT2D eigenvalue weighted by molar-refractivity contribution is 7.12. The molecule has 198 valence electrons. The predicted octanol–water partition coefficient (Wildman–Crippen LogP) is 2.01. The third-order valence-electron chi connectivity index (χ3n) is 8.65. The van der Waals surface area contributed by atoms with Gasteiger partial charge in [-0.05, 0) is 59.3 Å². The zero-order chi connectivity index (χ0) is 24.9. The normalized spacial score (nSPS) is 24.4. The van der Waals surface area contributed by atoms with Gasteiger partial charge >= 0.3 is 5.97 Å². The van der Waals surface area contributed by atoms with Gasteiger partial charge in [0, 0.05) is 24.7 Å². The summed E-state index contributed by atoms with van der Waals surface area (Å²) in [5, 5.41) is 15.5. The average molecular weight is 605 g/mol. The maximum atomic E-state index is 13.6. The molecule has 3 aromatic rings. The number of thiophene rings is 2. The average Bonchev–Trinajstić information content (AvgIpc) is 3.70. The summed E-state index contributed by atoms with van der Waals surface area (Å²) >= 11 is 2.78. The lowest BCUT2D eigenvalue weighted by molar-refractivity contribution is -0.919. The maximum Gasteiger partial charge on any atom is 0.349 e. The van der Waals surface area contributed by atoms with Gasteiger partial charge < -0.3 is 36.0 Å². The van der Waals surface area contributed by atoms with Gasteiger partial charge in [-0.2, -0.15) is 0 Å². The molecule has 37 heavy (non-hydrogen) atoms. The topological polar surface area (TPSA) is 55.8 Å². The van der Waals surface area contributed by atoms with E-state index in [0.29, 0.717) is 27.6 Å². The van der Waals surface area contributed by atoms with Crippen molar-refractivity contribution in [2.45, 2.75) is 49.9 Å². The third-order valence-corrected chi connectivity index (χ3v) is 10.6. The van der Waals surface area contributed by atoms with Gasteiger partial charge in [0.25, 0.3) is 0 Å². The van der Waals surface area contributed by atoms with Crippen molar-refractivity contribution in [2.75, 3.05) is 27.2 Å². The highest BCUT2D eigenvalue weighted by atomic mass is 79.9. The number of carbonyl (C=O) groups excluding carboxylic acids is 1. The van der Waals surface area contributed by atoms with E-state index in [1.807, 2.05) is 35.0 Å². The molecule has 4 unspecified atom stereocenters. The van der Waals surface area contributed by atoms with E-state index in [4.69, 9.17) is 9.47 Å². The molecule has 4 atom stereocenters. The first-order chi connectivity index (χ1) is 17.4. The van der Waals surface area contributed by atoms with E-state index in [-0.39, 0.29) is 23.1 Å². The van der Waals surface area contributed by atoms with E-state index in [1.165, 1.54) is 40.2 Å². The molecule has 2 aromatic heterocycles. The summed E-state index contributed by atoms with van der Waals surface area (Å²) < 4.78 is 12.8. The number of ether oxygens (including phenoxy) is 2. The van der Waals surface area contributed by atoms with Crippen LogP contribution < -0.4 is 21.7 Å². The number of fused-ring (bicyclic) bond motifs is 3. The number of benzene rings is 1. The van der Waals surface area contributed by atoms with Gasteiger partial charge in [0.15, 0.2) is 0 Å². The second-order valence-electron chi connectivity index (χ2n) is 11.1. The van der Waals surface area contributed by atoms with Crippen LogP contribution in [0.1, 0.15) is 40.1 Å². The fourth-order valence-electron chi connectivity index (χ4n) is 6.93. The largest absolute Gasteiger partial charge is 1.00 e. The first-order valence-corrected chi connectivity index (χ1v) is 14.7. The van der Waals surface area contributed by atoms with Gasteiger partial charge in [-0.1, -0.05) is 24.3 Å². The first-order valence-electron chi connectivity index (χ1n) is 12.9. The molecule has 2 bridgehead atoms. The van der Waals surface area contributed by atoms with Crippen molar-refractivity contribution in [3.05, 3.63) is 74.1 Å². The zero-order valence-electron chi connectivity index (χ0n) is 21.3. The number of aliphatic hydroxyl groups is 1. The Morgan fingerprint density at radius 3 is 2.54 bits per heavy atom. The van der Waals surface area contributed by atoms with Crippen molar-refractivity contribution in [1.29, 1.82) is 0 Å². The van der Waals surface area contributed by atoms with Crippen molar-refractivity contribution in [1.82, 2.24) is 0 Å². The maximum absolute atomic E-state index is 13.6. The predicted molar refractivity (Wildman–Crippen MR) is 142 cm³/mol. The fourth-order valence-corrected chi connectivity index (χ4v) is 8.65. The Balaban J connectivity index is 0.00000280. The van der Waals surface area contributed by atoms with Crippen molar-refractivity contribution in [2.24, 2.45) is 11.8 Å². The summed E-state index contributed by atoms with van der Waals surface area (Å²) in [7, 11) is 4.68. The van der Waals surface area contributed by atoms with Crippen LogP contribution in [0, 0.1) is 11.8 Å². The molecule has 6 rings (SSSR count). The Kier molecular flexibility index (Phi) is 7.59. The van der Waals surface area contributed by atoms with E-state index in [2.05, 4.69) is 32.3 Å². The Morgan fingerprint density at radius 1 is 1.14 bits per heavy atom. The van der Waals surface area contributed by atoms with Crippen molar-refractivity contribution < 1.29 is 40.8 Å². The van der Waals surface area contributed by atoms with Crippen molar-refractivity contribution in [3.8, 4) is 5.75 Å². The second-order valence-corrected chi connectivity index (χ2v) is 13.0. The van der Waals surface area contributed by atoms with Gasteiger partial charge in [0.05, 0.1) is 43.0 Å². The van der Waals surface area contributed by atoms with Crippen LogP contribution in [-0.4, -0.2) is 55.0 Å². The second kappa shape index (κ2) is 10.5. The summed E-state index contributed by atoms with van der Waals surface area (Å²) in [4.78, 5) is 14.8. The summed E-state index contributed by atoms with van der Waals surface area (Å²) in [6.45, 7) is 1.84. The first kappa shape index (κ1) is 26.9. The van der Waals surface area contributed by atoms with Crippen LogP contribution in [0.4, 0.5) is 0 Å². The number of hydrogen-bond donors (Lipinski definition) is 1. The Hall–Kier alpha value is -1.71. The summed E-state index contributed by atoms with van der Waals surface area (Å²) in [5.41, 5.74) is 0.965. The molecule has 0 amide bonds. The molecule has 1 aromatic carbocycles. The van der Waals surface area contributed by atoms with Gasteiger partial charge in [-0.3, -0.25) is 0 Å². The van der Waals surface area contributed by atoms with E-state index in [9.17, 15) is 9.90 Å². The van der Waals surface area contributed by atoms with Gasteiger partial charge in [0.1, 0.15) is 11.9 Å². The quantitative estimate of drug-likeness (QED) is 0.316. The molecular weight excluding hydrogens is 570 g/mol. The molecule has 0 saturated heterocycles. The lowest BCUT2D eigenvalue weighted by atomic mass is 9.96. The number of carbonyl (C=O) groups is 1. The van der Waals surface area contributed by atoms with Crippen LogP contribution in [-0.2, 0) is 28.0 Å². The highest BCUT2D eigenvalue weighted by Gasteiger charge is 2.58. The lowest BCUT2D eigenvalue weighted by Crippen LogP contribution is -3.00. The minimum atomic E-state index is -1.73. The Morgan fingerprint density at radius 2 is 1.86 bits per heavy atom. The molecule has 0 radical (unpaired) electrons. The Labute approximate surface area is 237 Å². The number of likely N-dealkylation sites (N-methyl/N-ethyl adjacent to an activating group) is 1. The van der Waals surface area contributed by atoms with Crippen LogP contribution in [0.15, 0.2) is 53.2 Å². The number of quaternary nitrogens is 1. The molecule has 3 aliphatic rings. The van der Waals surface area contributed by atoms with Crippen LogP contribution >= 0.6 is 22.7 Å². The fraction of sp³-hybridized carbons (Fsp3) is 0.483. The van der Waals surface area contributed by atoms with Gasteiger partial charge in [-0.15, -0.1) is 22.7 Å². The molecule has 0 spiro atoms. The standard InChI is InChI=1S/C29H34NO4S2.BrH/c1-30(2,13-11-19-7-10-23-20(17-19)12-14-33-23)27-21-8-9-22(27)24(18-21)34-28(31)29(32,25-5-3-15-35-25)26-6-4-16-36-26;/h3-7,10,15-17,21-22,24,27,32H,8-9,11-14,18H2,1-2H3;1H/q+1;/p-1. The molecule has 3 heterocycles. The molecule has 2 saturated carbocycles. The summed E-state index contributed by atoms with van der Waals surface area (Å²) in [6.07, 6.45) is 5.07. The van der Waals surface area contributed by atoms with Crippen molar-refractivity contribution >= 4 is 28.6 Å². The SMILES string of the molecule is C[N+](C)(CCc1ccc2c(c1)CCO2)C1C2CCC1C(OC(=O)C(O)(c1cccs1)c1cccs1)C2.[Br-]. The molecule has 5 nitrogen and oxygen atoms in total. The molecule has 2 fully saturated rings. The summed E-state index contributed by atoms with van der Waals surface area (Å²) in [5.74, 6) is 1.39. The van der Waals surface area contributed by atoms with E-state index < -0.39 is 11.6 Å². The molecule has 1 N–H and O–H groups in total. The number of esters is 1. The van der Waals surface area contributed by atoms with E-state index >= 15 is 0 Å². The number of hydrogen-bond acceptors (Lipinski definition) is 6. The number of halogens is 1. The molecule has 8 heteroatoms. The van der Waals surface area contributed by atoms with Gasteiger partial charge in [0.2, 0.25) is 5.60 Å².